The second kappa shape index (κ2) is 19.6. The first-order valence-corrected chi connectivity index (χ1v) is 18.8. The Balaban J connectivity index is 1.29. The van der Waals surface area contributed by atoms with E-state index in [1.807, 2.05) is 92.8 Å². The van der Waals surface area contributed by atoms with Crippen LogP contribution >= 0.6 is 0 Å². The Morgan fingerprint density at radius 2 is 1.53 bits per heavy atom. The number of amides is 2. The van der Waals surface area contributed by atoms with Crippen LogP contribution in [0.2, 0.25) is 0 Å². The first-order valence-electron chi connectivity index (χ1n) is 18.8. The smallest absolute Gasteiger partial charge is 0.220 e. The van der Waals surface area contributed by atoms with Gasteiger partial charge in [0.1, 0.15) is 0 Å². The largest absolute Gasteiger partial charge is 0.392 e. The summed E-state index contributed by atoms with van der Waals surface area (Å²) in [5.41, 5.74) is 6.68. The summed E-state index contributed by atoms with van der Waals surface area (Å²) < 4.78 is 13.5. The Hall–Kier alpha value is -4.38. The summed E-state index contributed by atoms with van der Waals surface area (Å²) in [7, 11) is 2.02. The molecule has 4 N–H and O–H groups in total. The quantitative estimate of drug-likeness (QED) is 0.0867. The summed E-state index contributed by atoms with van der Waals surface area (Å²) in [6, 6.07) is 33.9. The number of hydrogen-bond acceptors (Lipinski definition) is 7. The molecule has 2 amide bonds. The van der Waals surface area contributed by atoms with Crippen LogP contribution < -0.4 is 10.6 Å². The van der Waals surface area contributed by atoms with Gasteiger partial charge in [-0.1, -0.05) is 104 Å². The number of rotatable bonds is 17. The maximum Gasteiger partial charge on any atom is 0.220 e. The van der Waals surface area contributed by atoms with Crippen molar-refractivity contribution in [2.24, 2.45) is 5.92 Å². The number of aliphatic hydroxyl groups is 2. The molecule has 282 valence electrons. The Morgan fingerprint density at radius 1 is 0.811 bits per heavy atom. The Labute approximate surface area is 314 Å². The van der Waals surface area contributed by atoms with Gasteiger partial charge in [-0.2, -0.15) is 0 Å². The molecule has 0 unspecified atom stereocenters. The lowest BCUT2D eigenvalue weighted by molar-refractivity contribution is -0.276. The molecule has 1 fully saturated rings. The maximum absolute atomic E-state index is 12.5. The molecule has 1 aliphatic rings. The van der Waals surface area contributed by atoms with Gasteiger partial charge in [0.05, 0.1) is 24.9 Å². The third-order valence-corrected chi connectivity index (χ3v) is 10.2. The predicted octanol–water partition coefficient (Wildman–Crippen LogP) is 7.00. The van der Waals surface area contributed by atoms with Gasteiger partial charge in [0.25, 0.3) is 0 Å². The van der Waals surface area contributed by atoms with Gasteiger partial charge in [0.15, 0.2) is 6.29 Å². The molecule has 0 saturated carbocycles. The van der Waals surface area contributed by atoms with Crippen molar-refractivity contribution in [1.29, 1.82) is 0 Å². The average Bonchev–Trinajstić information content (AvgIpc) is 3.19. The van der Waals surface area contributed by atoms with Crippen LogP contribution in [0.3, 0.4) is 0 Å². The topological polar surface area (TPSA) is 120 Å². The molecule has 0 radical (unpaired) electrons. The zero-order valence-electron chi connectivity index (χ0n) is 31.4. The molecule has 1 aliphatic heterocycles. The number of nitrogens with one attached hydrogen (secondary N) is 2. The number of benzene rings is 4. The molecule has 53 heavy (non-hydrogen) atoms. The van der Waals surface area contributed by atoms with Crippen LogP contribution in [0.25, 0.3) is 11.1 Å². The van der Waals surface area contributed by atoms with Crippen molar-refractivity contribution >= 4 is 11.8 Å². The minimum Gasteiger partial charge on any atom is -0.392 e. The van der Waals surface area contributed by atoms with Crippen LogP contribution in [0.5, 0.6) is 0 Å². The van der Waals surface area contributed by atoms with Crippen molar-refractivity contribution in [2.75, 3.05) is 20.1 Å². The summed E-state index contributed by atoms with van der Waals surface area (Å²) in [4.78, 5) is 25.7. The fourth-order valence-electron chi connectivity index (χ4n) is 6.81. The summed E-state index contributed by atoms with van der Waals surface area (Å²) in [5, 5.41) is 26.7. The molecular formula is C44H55N3O6. The molecule has 1 saturated heterocycles. The van der Waals surface area contributed by atoms with Crippen LogP contribution in [0.15, 0.2) is 103 Å². The third-order valence-electron chi connectivity index (χ3n) is 10.2. The van der Waals surface area contributed by atoms with E-state index in [2.05, 4.69) is 46.7 Å². The summed E-state index contributed by atoms with van der Waals surface area (Å²) in [6.45, 7) is 7.33. The first kappa shape index (κ1) is 39.8. The zero-order valence-corrected chi connectivity index (χ0v) is 31.4. The van der Waals surface area contributed by atoms with Crippen molar-refractivity contribution in [3.8, 4) is 11.1 Å². The van der Waals surface area contributed by atoms with Crippen molar-refractivity contribution < 1.29 is 29.3 Å². The predicted molar refractivity (Wildman–Crippen MR) is 207 cm³/mol. The molecule has 0 bridgehead atoms. The van der Waals surface area contributed by atoms with Gasteiger partial charge >= 0.3 is 0 Å². The fraction of sp³-hybridized carbons (Fsp3) is 0.409. The van der Waals surface area contributed by atoms with Gasteiger partial charge in [-0.3, -0.25) is 14.5 Å². The number of aliphatic hydroxyl groups excluding tert-OH is 2. The van der Waals surface area contributed by atoms with Crippen molar-refractivity contribution in [3.63, 3.8) is 0 Å². The number of nitrogens with zero attached hydrogens (tertiary/aromatic N) is 1. The highest BCUT2D eigenvalue weighted by molar-refractivity contribution is 5.76. The Morgan fingerprint density at radius 3 is 2.25 bits per heavy atom. The number of unbranched alkanes of at least 4 members (excludes halogenated alkanes) is 2. The van der Waals surface area contributed by atoms with Crippen LogP contribution in [0.4, 0.5) is 0 Å². The van der Waals surface area contributed by atoms with E-state index >= 15 is 0 Å². The van der Waals surface area contributed by atoms with E-state index in [9.17, 15) is 19.8 Å². The van der Waals surface area contributed by atoms with Gasteiger partial charge in [-0.25, -0.2) is 0 Å². The lowest BCUT2D eigenvalue weighted by atomic mass is 9.89. The van der Waals surface area contributed by atoms with Gasteiger partial charge in [0, 0.05) is 50.5 Å². The second-order valence-electron chi connectivity index (χ2n) is 14.3. The molecule has 9 nitrogen and oxygen atoms in total. The van der Waals surface area contributed by atoms with E-state index in [-0.39, 0.29) is 42.6 Å². The van der Waals surface area contributed by atoms with E-state index in [0.29, 0.717) is 26.1 Å². The lowest BCUT2D eigenvalue weighted by Crippen LogP contribution is -2.46. The summed E-state index contributed by atoms with van der Waals surface area (Å²) in [6.07, 6.45) is 1.22. The Kier molecular flexibility index (Phi) is 14.7. The van der Waals surface area contributed by atoms with Crippen LogP contribution in [0, 0.1) is 5.92 Å². The number of hydrogen-bond donors (Lipinski definition) is 4. The minimum atomic E-state index is -0.651. The number of ether oxygens (including phenoxy) is 2. The molecule has 1 heterocycles. The highest BCUT2D eigenvalue weighted by Crippen LogP contribution is 2.42. The molecule has 6 atom stereocenters. The number of carbonyl (C=O) groups is 2. The van der Waals surface area contributed by atoms with Crippen molar-refractivity contribution in [1.82, 2.24) is 15.5 Å². The fourth-order valence-corrected chi connectivity index (χ4v) is 6.81. The molecule has 4 aromatic rings. The molecule has 0 spiro atoms. The highest BCUT2D eigenvalue weighted by atomic mass is 16.7. The van der Waals surface area contributed by atoms with Gasteiger partial charge in [0.2, 0.25) is 11.8 Å². The van der Waals surface area contributed by atoms with Crippen LogP contribution in [-0.4, -0.2) is 59.2 Å². The summed E-state index contributed by atoms with van der Waals surface area (Å²) in [5.74, 6) is -0.0208. The molecule has 5 rings (SSSR count). The molecule has 4 aromatic carbocycles. The van der Waals surface area contributed by atoms with Gasteiger partial charge in [-0.15, -0.1) is 0 Å². The second-order valence-corrected chi connectivity index (χ2v) is 14.3. The minimum absolute atomic E-state index is 0.00596. The van der Waals surface area contributed by atoms with E-state index in [0.717, 1.165) is 58.2 Å². The molecular weight excluding hydrogens is 666 g/mol. The molecule has 0 aliphatic carbocycles. The normalized spacial score (nSPS) is 19.8. The van der Waals surface area contributed by atoms with Crippen molar-refractivity contribution in [3.05, 3.63) is 131 Å². The van der Waals surface area contributed by atoms with Gasteiger partial charge < -0.3 is 30.3 Å². The Bertz CT molecular complexity index is 1750. The molecule has 0 aromatic heterocycles. The summed E-state index contributed by atoms with van der Waals surface area (Å²) >= 11 is 0. The monoisotopic (exact) mass is 721 g/mol. The van der Waals surface area contributed by atoms with Crippen LogP contribution in [-0.2, 0) is 32.2 Å². The van der Waals surface area contributed by atoms with E-state index in [1.54, 1.807) is 0 Å². The van der Waals surface area contributed by atoms with E-state index < -0.39 is 12.4 Å². The highest BCUT2D eigenvalue weighted by Gasteiger charge is 2.39. The lowest BCUT2D eigenvalue weighted by Gasteiger charge is -2.43. The van der Waals surface area contributed by atoms with E-state index in [4.69, 9.17) is 9.47 Å². The standard InChI is InChI=1S/C44H55N3O6/c1-30-40(28-47(4)31(2)42(51)35-14-7-5-8-15-35)52-44(53-43(30)36-22-20-33(29-48)21-23-36)39-18-12-17-38(26-39)37-16-11-13-34(25-37)27-46-41(50)19-9-6-10-24-45-32(3)49/h5,7-8,11-18,20-23,25-26,30-31,40,42-44,48,51H,6,9-10,19,24,27-29H2,1-4H3,(H,45,49)(H,46,50)/t30-,31+,40+,42+,43+,44+/m0/s1. The maximum atomic E-state index is 12.5. The average molecular weight is 722 g/mol. The van der Waals surface area contributed by atoms with Crippen LogP contribution in [0.1, 0.15) is 92.8 Å². The number of likely N-dealkylation sites (N-methyl/N-ethyl adjacent to an activating group) is 1. The SMILES string of the molecule is CC(=O)NCCCCCC(=O)NCc1cccc(-c2cccc([C@@H]3O[C@H](CN(C)[C@H](C)[C@@H](O)c4ccccc4)[C@H](C)[C@H](c4ccc(CO)cc4)O3)c2)c1. The van der Waals surface area contributed by atoms with Crippen molar-refractivity contribution in [2.45, 2.75) is 90.2 Å². The van der Waals surface area contributed by atoms with Gasteiger partial charge in [-0.05, 0) is 72.3 Å². The molecule has 9 heteroatoms. The van der Waals surface area contributed by atoms with E-state index in [1.165, 1.54) is 6.92 Å². The third kappa shape index (κ3) is 11.3. The first-order chi connectivity index (χ1) is 25.6. The zero-order chi connectivity index (χ0) is 37.7. The number of carbonyl (C=O) groups excluding carboxylic acids is 2.